The summed E-state index contributed by atoms with van der Waals surface area (Å²) < 4.78 is 8.48. The number of ether oxygens (including phenoxy) is 1. The minimum atomic E-state index is -1.07. The summed E-state index contributed by atoms with van der Waals surface area (Å²) in [6.45, 7) is 6.90. The van der Waals surface area contributed by atoms with Gasteiger partial charge in [-0.1, -0.05) is 35.9 Å². The molecule has 7 heteroatoms. The van der Waals surface area contributed by atoms with E-state index in [0.29, 0.717) is 16.9 Å². The molecule has 0 saturated carbocycles. The lowest BCUT2D eigenvalue weighted by molar-refractivity contribution is -0.123. The number of hydrogen-bond donors (Lipinski definition) is 1. The summed E-state index contributed by atoms with van der Waals surface area (Å²) in [5.41, 5.74) is 3.17. The molecule has 30 heavy (non-hydrogen) atoms. The van der Waals surface area contributed by atoms with Gasteiger partial charge >= 0.3 is 5.97 Å². The van der Waals surface area contributed by atoms with Crippen LogP contribution in [0, 0.1) is 20.8 Å². The molecule has 1 amide bonds. The van der Waals surface area contributed by atoms with E-state index in [2.05, 4.69) is 5.32 Å². The monoisotopic (exact) mass is 407 g/mol. The van der Waals surface area contributed by atoms with E-state index >= 15 is 0 Å². The summed E-state index contributed by atoms with van der Waals surface area (Å²) >= 11 is 0. The summed E-state index contributed by atoms with van der Waals surface area (Å²) in [6, 6.07) is 14.6. The second-order valence-corrected chi connectivity index (χ2v) is 7.29. The summed E-state index contributed by atoms with van der Waals surface area (Å²) in [4.78, 5) is 38.1. The summed E-state index contributed by atoms with van der Waals surface area (Å²) in [6.07, 6.45) is -1.07. The van der Waals surface area contributed by atoms with Gasteiger partial charge in [0.1, 0.15) is 5.69 Å². The number of nitrogens with zero attached hydrogens (tertiary/aromatic N) is 2. The number of aryl methyl sites for hydroxylation is 2. The van der Waals surface area contributed by atoms with E-state index in [1.165, 1.54) is 11.6 Å². The second-order valence-electron chi connectivity index (χ2n) is 7.29. The molecule has 1 N–H and O–H groups in total. The first kappa shape index (κ1) is 21.1. The molecule has 1 aromatic heterocycles. The van der Waals surface area contributed by atoms with Crippen molar-refractivity contribution < 1.29 is 14.3 Å². The number of amides is 1. The number of esters is 1. The van der Waals surface area contributed by atoms with E-state index in [4.69, 9.17) is 4.74 Å². The van der Waals surface area contributed by atoms with Gasteiger partial charge < -0.3 is 10.1 Å². The Bertz CT molecular complexity index is 1160. The smallest absolute Gasteiger partial charge is 0.339 e. The molecule has 1 atom stereocenters. The lowest BCUT2D eigenvalue weighted by atomic mass is 10.1. The van der Waals surface area contributed by atoms with Gasteiger partial charge in [0, 0.05) is 7.05 Å². The SMILES string of the molecule is Cc1ccc(C)c(C(=O)O[C@H](C)C(=O)Nc2c(C)n(C)n(-c3ccccc3)c2=O)c1. The first-order valence-electron chi connectivity index (χ1n) is 9.63. The van der Waals surface area contributed by atoms with E-state index in [1.54, 1.807) is 43.8 Å². The van der Waals surface area contributed by atoms with Crippen LogP contribution in [0.3, 0.4) is 0 Å². The van der Waals surface area contributed by atoms with Gasteiger partial charge in [0.05, 0.1) is 16.9 Å². The highest BCUT2D eigenvalue weighted by atomic mass is 16.5. The molecule has 0 aliphatic carbocycles. The van der Waals surface area contributed by atoms with Gasteiger partial charge in [-0.3, -0.25) is 14.3 Å². The zero-order chi connectivity index (χ0) is 22.0. The van der Waals surface area contributed by atoms with Gasteiger partial charge in [-0.2, -0.15) is 0 Å². The van der Waals surface area contributed by atoms with Gasteiger partial charge in [0.2, 0.25) is 0 Å². The maximum absolute atomic E-state index is 12.9. The van der Waals surface area contributed by atoms with E-state index in [9.17, 15) is 14.4 Å². The summed E-state index contributed by atoms with van der Waals surface area (Å²) in [7, 11) is 1.74. The molecule has 0 aliphatic heterocycles. The number of benzene rings is 2. The van der Waals surface area contributed by atoms with Gasteiger partial charge in [0.15, 0.2) is 6.10 Å². The molecule has 0 bridgehead atoms. The number of anilines is 1. The quantitative estimate of drug-likeness (QED) is 0.658. The van der Waals surface area contributed by atoms with E-state index in [-0.39, 0.29) is 11.2 Å². The van der Waals surface area contributed by atoms with Crippen LogP contribution in [-0.4, -0.2) is 27.3 Å². The molecule has 3 aromatic rings. The lowest BCUT2D eigenvalue weighted by Crippen LogP contribution is -2.32. The van der Waals surface area contributed by atoms with Crippen molar-refractivity contribution in [3.05, 3.63) is 81.3 Å². The molecule has 0 radical (unpaired) electrons. The molecule has 1 heterocycles. The van der Waals surface area contributed by atoms with Crippen LogP contribution in [0.1, 0.15) is 34.1 Å². The highest BCUT2D eigenvalue weighted by Gasteiger charge is 2.24. The Morgan fingerprint density at radius 3 is 2.37 bits per heavy atom. The van der Waals surface area contributed by atoms with Crippen molar-refractivity contribution in [2.75, 3.05) is 5.32 Å². The molecular weight excluding hydrogens is 382 g/mol. The Morgan fingerprint density at radius 1 is 1.03 bits per heavy atom. The van der Waals surface area contributed by atoms with Gasteiger partial charge in [-0.05, 0) is 51.5 Å². The van der Waals surface area contributed by atoms with Crippen LogP contribution in [0.15, 0.2) is 53.3 Å². The fourth-order valence-corrected chi connectivity index (χ4v) is 3.17. The predicted molar refractivity (Wildman–Crippen MR) is 115 cm³/mol. The largest absolute Gasteiger partial charge is 0.449 e. The van der Waals surface area contributed by atoms with Gasteiger partial charge in [-0.25, -0.2) is 9.48 Å². The van der Waals surface area contributed by atoms with Crippen molar-refractivity contribution in [3.63, 3.8) is 0 Å². The van der Waals surface area contributed by atoms with E-state index in [1.807, 2.05) is 37.3 Å². The third-order valence-electron chi connectivity index (χ3n) is 5.07. The Hall–Kier alpha value is -3.61. The van der Waals surface area contributed by atoms with Crippen LogP contribution in [0.25, 0.3) is 5.69 Å². The second kappa shape index (κ2) is 8.41. The average Bonchev–Trinajstić information content (AvgIpc) is 2.93. The van der Waals surface area contributed by atoms with Gasteiger partial charge in [0.25, 0.3) is 11.5 Å². The average molecular weight is 407 g/mol. The first-order chi connectivity index (χ1) is 14.2. The predicted octanol–water partition coefficient (Wildman–Crippen LogP) is 3.29. The fourth-order valence-electron chi connectivity index (χ4n) is 3.17. The van der Waals surface area contributed by atoms with Crippen molar-refractivity contribution in [3.8, 4) is 5.69 Å². The van der Waals surface area contributed by atoms with Crippen molar-refractivity contribution in [1.82, 2.24) is 9.36 Å². The van der Waals surface area contributed by atoms with Crippen LogP contribution in [0.5, 0.6) is 0 Å². The van der Waals surface area contributed by atoms with Crippen molar-refractivity contribution in [1.29, 1.82) is 0 Å². The number of carbonyl (C=O) groups is 2. The normalized spacial score (nSPS) is 11.8. The zero-order valence-electron chi connectivity index (χ0n) is 17.7. The van der Waals surface area contributed by atoms with Crippen LogP contribution < -0.4 is 10.9 Å². The van der Waals surface area contributed by atoms with Crippen LogP contribution in [-0.2, 0) is 16.6 Å². The lowest BCUT2D eigenvalue weighted by Gasteiger charge is -2.14. The highest BCUT2D eigenvalue weighted by Crippen LogP contribution is 2.16. The molecule has 2 aromatic carbocycles. The Labute approximate surface area is 174 Å². The van der Waals surface area contributed by atoms with E-state index < -0.39 is 18.0 Å². The zero-order valence-corrected chi connectivity index (χ0v) is 17.7. The molecule has 0 spiro atoms. The topological polar surface area (TPSA) is 82.3 Å². The molecule has 0 unspecified atom stereocenters. The Morgan fingerprint density at radius 2 is 1.70 bits per heavy atom. The third kappa shape index (κ3) is 4.05. The first-order valence-corrected chi connectivity index (χ1v) is 9.63. The molecule has 3 rings (SSSR count). The number of para-hydroxylation sites is 1. The summed E-state index contributed by atoms with van der Waals surface area (Å²) in [5, 5.41) is 2.62. The Kier molecular flexibility index (Phi) is 5.91. The van der Waals surface area contributed by atoms with Gasteiger partial charge in [-0.15, -0.1) is 0 Å². The molecule has 0 fully saturated rings. The van der Waals surface area contributed by atoms with Crippen molar-refractivity contribution in [2.24, 2.45) is 7.05 Å². The fraction of sp³-hybridized carbons (Fsp3) is 0.261. The number of aromatic nitrogens is 2. The van der Waals surface area contributed by atoms with Crippen molar-refractivity contribution in [2.45, 2.75) is 33.8 Å². The minimum absolute atomic E-state index is 0.154. The Balaban J connectivity index is 1.80. The third-order valence-corrected chi connectivity index (χ3v) is 5.07. The maximum Gasteiger partial charge on any atom is 0.339 e. The number of rotatable bonds is 5. The molecule has 0 saturated heterocycles. The number of carbonyl (C=O) groups excluding carboxylic acids is 2. The molecular formula is C23H25N3O4. The number of hydrogen-bond acceptors (Lipinski definition) is 4. The highest BCUT2D eigenvalue weighted by molar-refractivity contribution is 5.98. The van der Waals surface area contributed by atoms with Crippen LogP contribution >= 0.6 is 0 Å². The minimum Gasteiger partial charge on any atom is -0.449 e. The maximum atomic E-state index is 12.9. The molecule has 0 aliphatic rings. The summed E-state index contributed by atoms with van der Waals surface area (Å²) in [5.74, 6) is -1.15. The molecule has 156 valence electrons. The van der Waals surface area contributed by atoms with Crippen LogP contribution in [0.2, 0.25) is 0 Å². The van der Waals surface area contributed by atoms with Crippen LogP contribution in [0.4, 0.5) is 5.69 Å². The molecule has 7 nitrogen and oxygen atoms in total. The van der Waals surface area contributed by atoms with Crippen molar-refractivity contribution >= 4 is 17.6 Å². The van der Waals surface area contributed by atoms with E-state index in [0.717, 1.165) is 11.1 Å². The number of nitrogens with one attached hydrogen (secondary N) is 1. The standard InChI is InChI=1S/C23H25N3O4/c1-14-11-12-15(2)19(13-14)23(29)30-17(4)21(27)24-20-16(3)25(5)26(22(20)28)18-9-7-6-8-10-18/h6-13,17H,1-5H3,(H,24,27)/t17-/m1/s1.